The van der Waals surface area contributed by atoms with Crippen molar-refractivity contribution in [3.8, 4) is 0 Å². The first-order valence-corrected chi connectivity index (χ1v) is 16.8. The lowest BCUT2D eigenvalue weighted by Gasteiger charge is -2.24. The molecule has 0 aliphatic carbocycles. The Kier molecular flexibility index (Phi) is 24.1. The highest BCUT2D eigenvalue weighted by atomic mass is 31.2. The maximum absolute atomic E-state index is 12.2. The monoisotopic (exact) mass is 536 g/mol. The maximum atomic E-state index is 12.2. The molecule has 0 saturated carbocycles. The number of hydrogen-bond acceptors (Lipinski definition) is 4. The molecule has 0 saturated heterocycles. The van der Waals surface area contributed by atoms with Crippen molar-refractivity contribution >= 4 is 7.60 Å². The third-order valence-electron chi connectivity index (χ3n) is 6.78. The molecule has 218 valence electrons. The number of rotatable bonds is 28. The molecular weight excluding hydrogens is 473 g/mol. The van der Waals surface area contributed by atoms with Crippen LogP contribution >= 0.6 is 7.60 Å². The molecule has 36 heavy (non-hydrogen) atoms. The van der Waals surface area contributed by atoms with Crippen LogP contribution in [0, 0.1) is 0 Å². The van der Waals surface area contributed by atoms with E-state index in [9.17, 15) is 9.46 Å². The van der Waals surface area contributed by atoms with Crippen LogP contribution in [0.5, 0.6) is 0 Å². The van der Waals surface area contributed by atoms with E-state index in [0.717, 1.165) is 30.5 Å². The Hall–Kier alpha value is 0.0300. The zero-order valence-corrected chi connectivity index (χ0v) is 25.7. The molecule has 6 nitrogen and oxygen atoms in total. The van der Waals surface area contributed by atoms with Crippen LogP contribution in [0.3, 0.4) is 0 Å². The fourth-order valence-corrected chi connectivity index (χ4v) is 5.51. The second-order valence-corrected chi connectivity index (χ2v) is 13.6. The van der Waals surface area contributed by atoms with E-state index in [2.05, 4.69) is 28.1 Å². The van der Waals surface area contributed by atoms with E-state index < -0.39 is 7.60 Å². The van der Waals surface area contributed by atoms with Crippen molar-refractivity contribution < 1.29 is 27.9 Å². The van der Waals surface area contributed by atoms with E-state index in [0.29, 0.717) is 19.6 Å². The fourth-order valence-electron chi connectivity index (χ4n) is 4.35. The molecule has 0 fully saturated rings. The van der Waals surface area contributed by atoms with Crippen LogP contribution in [0.15, 0.2) is 0 Å². The topological polar surface area (TPSA) is 65.0 Å². The van der Waals surface area contributed by atoms with Crippen molar-refractivity contribution in [2.75, 3.05) is 60.8 Å². The molecule has 0 aromatic heterocycles. The van der Waals surface area contributed by atoms with Crippen LogP contribution in [-0.4, -0.2) is 76.3 Å². The molecule has 2 atom stereocenters. The number of hydrogen-bond donors (Lipinski definition) is 1. The Morgan fingerprint density at radius 1 is 0.722 bits per heavy atom. The molecule has 0 aromatic rings. The van der Waals surface area contributed by atoms with E-state index in [4.69, 9.17) is 14.0 Å². The summed E-state index contributed by atoms with van der Waals surface area (Å²) in [6.45, 7) is 4.71. The molecule has 0 bridgehead atoms. The van der Waals surface area contributed by atoms with Gasteiger partial charge in [0.15, 0.2) is 0 Å². The minimum Gasteiger partial charge on any atom is -0.379 e. The van der Waals surface area contributed by atoms with Crippen LogP contribution in [0.1, 0.15) is 122 Å². The first kappa shape index (κ1) is 36.0. The summed E-state index contributed by atoms with van der Waals surface area (Å²) >= 11 is 0. The quantitative estimate of drug-likeness (QED) is 0.0624. The van der Waals surface area contributed by atoms with Gasteiger partial charge >= 0.3 is 7.60 Å². The summed E-state index contributed by atoms with van der Waals surface area (Å²) in [5, 5.41) is 0. The Balaban J connectivity index is 3.50. The molecule has 0 heterocycles. The normalized spacial score (nSPS) is 14.7. The Morgan fingerprint density at radius 2 is 1.19 bits per heavy atom. The van der Waals surface area contributed by atoms with Crippen molar-refractivity contribution in [1.29, 1.82) is 0 Å². The van der Waals surface area contributed by atoms with Gasteiger partial charge in [-0.3, -0.25) is 4.57 Å². The van der Waals surface area contributed by atoms with Gasteiger partial charge in [0.05, 0.1) is 53.2 Å². The molecule has 1 unspecified atom stereocenters. The molecule has 0 aliphatic heterocycles. The number of nitrogens with zero attached hydrogens (tertiary/aromatic N) is 1. The maximum Gasteiger partial charge on any atom is 0.328 e. The minimum atomic E-state index is -3.56. The highest BCUT2D eigenvalue weighted by Gasteiger charge is 2.22. The smallest absolute Gasteiger partial charge is 0.328 e. The molecular formula is C29H63NO5P+. The van der Waals surface area contributed by atoms with Crippen molar-refractivity contribution in [3.63, 3.8) is 0 Å². The van der Waals surface area contributed by atoms with Crippen LogP contribution < -0.4 is 0 Å². The van der Waals surface area contributed by atoms with Crippen molar-refractivity contribution in [3.05, 3.63) is 0 Å². The molecule has 0 radical (unpaired) electrons. The number of methoxy groups -OCH3 is 1. The summed E-state index contributed by atoms with van der Waals surface area (Å²) < 4.78 is 29.5. The van der Waals surface area contributed by atoms with Crippen LogP contribution in [-0.2, 0) is 18.6 Å². The predicted octanol–water partition coefficient (Wildman–Crippen LogP) is 7.97. The standard InChI is InChI=1S/C29H62NO5P/c1-6-7-8-9-10-11-12-13-14-15-16-17-18-19-20-21-25-34-28-29(33-5)23-27-36(31,32)35-26-22-24-30(2,3)4/h29H,6-28H2,1-5H3/p+1/t29-/m0/s1. The Bertz CT molecular complexity index is 512. The van der Waals surface area contributed by atoms with Crippen LogP contribution in [0.25, 0.3) is 0 Å². The Morgan fingerprint density at radius 3 is 1.64 bits per heavy atom. The van der Waals surface area contributed by atoms with Crippen LogP contribution in [0.4, 0.5) is 0 Å². The zero-order chi connectivity index (χ0) is 27.0. The third kappa shape index (κ3) is 27.1. The van der Waals surface area contributed by atoms with Crippen LogP contribution in [0.2, 0.25) is 0 Å². The Labute approximate surface area is 225 Å². The second-order valence-electron chi connectivity index (χ2n) is 11.6. The summed E-state index contributed by atoms with van der Waals surface area (Å²) in [6, 6.07) is 0. The van der Waals surface area contributed by atoms with Crippen molar-refractivity contribution in [1.82, 2.24) is 0 Å². The summed E-state index contributed by atoms with van der Waals surface area (Å²) in [5.74, 6) is 0. The van der Waals surface area contributed by atoms with Gasteiger partial charge in [0.2, 0.25) is 0 Å². The average Bonchev–Trinajstić information content (AvgIpc) is 2.82. The lowest BCUT2D eigenvalue weighted by atomic mass is 10.0. The fraction of sp³-hybridized carbons (Fsp3) is 1.00. The van der Waals surface area contributed by atoms with Gasteiger partial charge in [0.1, 0.15) is 0 Å². The lowest BCUT2D eigenvalue weighted by Crippen LogP contribution is -2.35. The van der Waals surface area contributed by atoms with Gasteiger partial charge in [0.25, 0.3) is 0 Å². The first-order valence-electron chi connectivity index (χ1n) is 15.1. The van der Waals surface area contributed by atoms with E-state index >= 15 is 0 Å². The number of ether oxygens (including phenoxy) is 2. The molecule has 7 heteroatoms. The number of quaternary nitrogens is 1. The first-order chi connectivity index (χ1) is 17.2. The molecule has 0 aromatic carbocycles. The molecule has 0 rings (SSSR count). The number of unbranched alkanes of at least 4 members (excludes halogenated alkanes) is 15. The SMILES string of the molecule is CCCCCCCCCCCCCCCCCCOC[C@H](CCP(=O)(O)OCCC[N+](C)(C)C)OC. The molecule has 0 amide bonds. The van der Waals surface area contributed by atoms with Crippen molar-refractivity contribution in [2.45, 2.75) is 129 Å². The van der Waals surface area contributed by atoms with E-state index in [1.165, 1.54) is 96.3 Å². The van der Waals surface area contributed by atoms with Crippen molar-refractivity contribution in [2.24, 2.45) is 0 Å². The predicted molar refractivity (Wildman–Crippen MR) is 154 cm³/mol. The molecule has 0 spiro atoms. The third-order valence-corrected chi connectivity index (χ3v) is 8.19. The summed E-state index contributed by atoms with van der Waals surface area (Å²) in [4.78, 5) is 10.0. The highest BCUT2D eigenvalue weighted by Crippen LogP contribution is 2.43. The van der Waals surface area contributed by atoms with Gasteiger partial charge in [-0.05, 0) is 12.8 Å². The van der Waals surface area contributed by atoms with E-state index in [-0.39, 0.29) is 12.3 Å². The summed E-state index contributed by atoms with van der Waals surface area (Å²) in [7, 11) is 4.37. The average molecular weight is 537 g/mol. The van der Waals surface area contributed by atoms with Gasteiger partial charge in [0, 0.05) is 20.1 Å². The van der Waals surface area contributed by atoms with Gasteiger partial charge in [-0.1, -0.05) is 103 Å². The highest BCUT2D eigenvalue weighted by molar-refractivity contribution is 7.52. The minimum absolute atomic E-state index is 0.109. The lowest BCUT2D eigenvalue weighted by molar-refractivity contribution is -0.870. The molecule has 1 N–H and O–H groups in total. The summed E-state index contributed by atoms with van der Waals surface area (Å²) in [5.41, 5.74) is 0. The van der Waals surface area contributed by atoms with E-state index in [1.807, 2.05) is 0 Å². The van der Waals surface area contributed by atoms with Gasteiger partial charge < -0.3 is 23.4 Å². The van der Waals surface area contributed by atoms with Gasteiger partial charge in [-0.2, -0.15) is 0 Å². The second kappa shape index (κ2) is 24.1. The molecule has 0 aliphatic rings. The zero-order valence-electron chi connectivity index (χ0n) is 24.8. The van der Waals surface area contributed by atoms with Gasteiger partial charge in [-0.15, -0.1) is 0 Å². The van der Waals surface area contributed by atoms with Gasteiger partial charge in [-0.25, -0.2) is 0 Å². The largest absolute Gasteiger partial charge is 0.379 e. The van der Waals surface area contributed by atoms with E-state index in [1.54, 1.807) is 7.11 Å². The summed E-state index contributed by atoms with van der Waals surface area (Å²) in [6.07, 6.45) is 23.0.